The fourth-order valence-electron chi connectivity index (χ4n) is 2.00. The number of nitrogens with zero attached hydrogens (tertiary/aromatic N) is 2. The van der Waals surface area contributed by atoms with Gasteiger partial charge in [-0.15, -0.1) is 13.2 Å². The number of carbonyl (C=O) groups is 1. The van der Waals surface area contributed by atoms with Gasteiger partial charge in [0.25, 0.3) is 5.91 Å². The number of alkyl halides is 3. The molecule has 0 atom stereocenters. The van der Waals surface area contributed by atoms with Crippen LogP contribution in [0.2, 0.25) is 0 Å². The van der Waals surface area contributed by atoms with E-state index in [1.165, 1.54) is 25.5 Å². The summed E-state index contributed by atoms with van der Waals surface area (Å²) in [5.41, 5.74) is 0.649. The first-order valence-electron chi connectivity index (χ1n) is 7.17. The SMILES string of the molecule is C/C=N/N(C(=O)c1ccc(OC(F)(F)F)cc1)c1ccc(OC)cc1. The summed E-state index contributed by atoms with van der Waals surface area (Å²) in [6.45, 7) is 1.64. The van der Waals surface area contributed by atoms with Crippen LogP contribution in [0.1, 0.15) is 17.3 Å². The van der Waals surface area contributed by atoms with Gasteiger partial charge in [-0.05, 0) is 55.5 Å². The third kappa shape index (κ3) is 4.97. The largest absolute Gasteiger partial charge is 0.573 e. The highest BCUT2D eigenvalue weighted by molar-refractivity contribution is 6.06. The first-order valence-corrected chi connectivity index (χ1v) is 7.17. The quantitative estimate of drug-likeness (QED) is 0.597. The van der Waals surface area contributed by atoms with Gasteiger partial charge in [0.15, 0.2) is 0 Å². The number of hydrogen-bond donors (Lipinski definition) is 0. The first-order chi connectivity index (χ1) is 11.8. The average Bonchev–Trinajstić information content (AvgIpc) is 2.58. The number of ether oxygens (including phenoxy) is 2. The maximum absolute atomic E-state index is 12.6. The number of benzene rings is 2. The molecular formula is C17H15F3N2O3. The van der Waals surface area contributed by atoms with Gasteiger partial charge in [0.1, 0.15) is 11.5 Å². The van der Waals surface area contributed by atoms with Crippen molar-refractivity contribution in [2.24, 2.45) is 5.10 Å². The molecule has 0 spiro atoms. The number of hydrazone groups is 1. The Balaban J connectivity index is 2.24. The Bertz CT molecular complexity index is 741. The molecule has 0 N–H and O–H groups in total. The van der Waals surface area contributed by atoms with Crippen LogP contribution >= 0.6 is 0 Å². The van der Waals surface area contributed by atoms with E-state index in [2.05, 4.69) is 9.84 Å². The van der Waals surface area contributed by atoms with Crippen molar-refractivity contribution in [1.29, 1.82) is 0 Å². The van der Waals surface area contributed by atoms with Crippen molar-refractivity contribution in [2.45, 2.75) is 13.3 Å². The summed E-state index contributed by atoms with van der Waals surface area (Å²) in [5.74, 6) is -0.286. The van der Waals surface area contributed by atoms with Crippen molar-refractivity contribution in [3.63, 3.8) is 0 Å². The Kier molecular flexibility index (Phi) is 5.63. The Morgan fingerprint density at radius 1 is 1.04 bits per heavy atom. The van der Waals surface area contributed by atoms with Crippen molar-refractivity contribution < 1.29 is 27.4 Å². The summed E-state index contributed by atoms with van der Waals surface area (Å²) in [7, 11) is 1.52. The van der Waals surface area contributed by atoms with Gasteiger partial charge in [-0.1, -0.05) is 0 Å². The summed E-state index contributed by atoms with van der Waals surface area (Å²) >= 11 is 0. The van der Waals surface area contributed by atoms with Gasteiger partial charge in [0.05, 0.1) is 12.8 Å². The lowest BCUT2D eigenvalue weighted by atomic mass is 10.2. The zero-order chi connectivity index (χ0) is 18.4. The molecule has 2 aromatic rings. The summed E-state index contributed by atoms with van der Waals surface area (Å²) in [4.78, 5) is 12.6. The third-order valence-corrected chi connectivity index (χ3v) is 3.08. The van der Waals surface area contributed by atoms with Gasteiger partial charge in [-0.3, -0.25) is 4.79 Å². The molecule has 0 radical (unpaired) electrons. The third-order valence-electron chi connectivity index (χ3n) is 3.08. The molecule has 132 valence electrons. The van der Waals surface area contributed by atoms with Crippen LogP contribution in [0.15, 0.2) is 53.6 Å². The van der Waals surface area contributed by atoms with Gasteiger partial charge in [-0.2, -0.15) is 10.1 Å². The lowest BCUT2D eigenvalue weighted by molar-refractivity contribution is -0.274. The average molecular weight is 352 g/mol. The molecule has 0 heterocycles. The maximum Gasteiger partial charge on any atom is 0.573 e. The second-order valence-corrected chi connectivity index (χ2v) is 4.76. The van der Waals surface area contributed by atoms with Crippen LogP contribution in [-0.4, -0.2) is 25.6 Å². The Morgan fingerprint density at radius 3 is 2.08 bits per heavy atom. The summed E-state index contributed by atoms with van der Waals surface area (Å²) in [6.07, 6.45) is -3.35. The molecule has 0 aliphatic rings. The van der Waals surface area contributed by atoms with Crippen LogP contribution in [0.3, 0.4) is 0 Å². The minimum absolute atomic E-state index is 0.163. The molecule has 1 amide bonds. The summed E-state index contributed by atoms with van der Waals surface area (Å²) in [5, 5.41) is 5.15. The minimum Gasteiger partial charge on any atom is -0.497 e. The van der Waals surface area contributed by atoms with Crippen LogP contribution in [0, 0.1) is 0 Å². The van der Waals surface area contributed by atoms with Crippen molar-refractivity contribution in [3.05, 3.63) is 54.1 Å². The van der Waals surface area contributed by atoms with E-state index in [1.807, 2.05) is 0 Å². The van der Waals surface area contributed by atoms with Crippen LogP contribution in [0.4, 0.5) is 18.9 Å². The predicted octanol–water partition coefficient (Wildman–Crippen LogP) is 4.25. The van der Waals surface area contributed by atoms with Crippen molar-refractivity contribution in [2.75, 3.05) is 12.1 Å². The van der Waals surface area contributed by atoms with E-state index in [0.717, 1.165) is 17.1 Å². The van der Waals surface area contributed by atoms with Crippen LogP contribution in [0.25, 0.3) is 0 Å². The van der Waals surface area contributed by atoms with E-state index in [-0.39, 0.29) is 5.56 Å². The van der Waals surface area contributed by atoms with E-state index >= 15 is 0 Å². The fourth-order valence-corrected chi connectivity index (χ4v) is 2.00. The number of carbonyl (C=O) groups excluding carboxylic acids is 1. The molecule has 2 aromatic carbocycles. The molecule has 0 saturated carbocycles. The lowest BCUT2D eigenvalue weighted by Crippen LogP contribution is -2.25. The van der Waals surface area contributed by atoms with Gasteiger partial charge >= 0.3 is 6.36 Å². The van der Waals surface area contributed by atoms with Crippen LogP contribution in [0.5, 0.6) is 11.5 Å². The number of methoxy groups -OCH3 is 1. The van der Waals surface area contributed by atoms with E-state index in [4.69, 9.17) is 4.74 Å². The lowest BCUT2D eigenvalue weighted by Gasteiger charge is -2.17. The standard InChI is InChI=1S/C17H15F3N2O3/c1-3-21-22(13-6-10-14(24-2)11-7-13)16(23)12-4-8-15(9-5-12)25-17(18,19)20/h3-11H,1-2H3/b21-3+. The van der Waals surface area contributed by atoms with Crippen LogP contribution in [-0.2, 0) is 0 Å². The normalized spacial score (nSPS) is 11.4. The van der Waals surface area contributed by atoms with Gasteiger partial charge in [0.2, 0.25) is 0 Å². The minimum atomic E-state index is -4.78. The first kappa shape index (κ1) is 18.3. The topological polar surface area (TPSA) is 51.1 Å². The van der Waals surface area contributed by atoms with Gasteiger partial charge < -0.3 is 9.47 Å². The molecule has 0 saturated heterocycles. The highest BCUT2D eigenvalue weighted by atomic mass is 19.4. The molecule has 5 nitrogen and oxygen atoms in total. The highest BCUT2D eigenvalue weighted by Crippen LogP contribution is 2.25. The fraction of sp³-hybridized carbons (Fsp3) is 0.176. The number of halogens is 3. The molecule has 0 aliphatic carbocycles. The Morgan fingerprint density at radius 2 is 1.60 bits per heavy atom. The number of anilines is 1. The molecule has 0 aliphatic heterocycles. The van der Waals surface area contributed by atoms with Crippen molar-refractivity contribution >= 4 is 17.8 Å². The number of hydrogen-bond acceptors (Lipinski definition) is 4. The molecule has 25 heavy (non-hydrogen) atoms. The van der Waals surface area contributed by atoms with Gasteiger partial charge in [0, 0.05) is 11.8 Å². The number of rotatable bonds is 5. The monoisotopic (exact) mass is 352 g/mol. The molecular weight excluding hydrogens is 337 g/mol. The Hall–Kier alpha value is -3.03. The van der Waals surface area contributed by atoms with Crippen LogP contribution < -0.4 is 14.5 Å². The second kappa shape index (κ2) is 7.69. The zero-order valence-corrected chi connectivity index (χ0v) is 13.4. The van der Waals surface area contributed by atoms with Crippen molar-refractivity contribution in [3.8, 4) is 11.5 Å². The Labute approximate surface area is 142 Å². The number of amides is 1. The second-order valence-electron chi connectivity index (χ2n) is 4.76. The summed E-state index contributed by atoms with van der Waals surface area (Å²) in [6, 6.07) is 11.2. The molecule has 0 unspecified atom stereocenters. The van der Waals surface area contributed by atoms with E-state index in [9.17, 15) is 18.0 Å². The smallest absolute Gasteiger partial charge is 0.497 e. The molecule has 0 aromatic heterocycles. The van der Waals surface area contributed by atoms with E-state index in [0.29, 0.717) is 11.4 Å². The van der Waals surface area contributed by atoms with Crippen molar-refractivity contribution in [1.82, 2.24) is 0 Å². The summed E-state index contributed by atoms with van der Waals surface area (Å²) < 4.78 is 45.4. The predicted molar refractivity (Wildman–Crippen MR) is 87.1 cm³/mol. The van der Waals surface area contributed by atoms with E-state index in [1.54, 1.807) is 31.2 Å². The highest BCUT2D eigenvalue weighted by Gasteiger charge is 2.31. The van der Waals surface area contributed by atoms with Gasteiger partial charge in [-0.25, -0.2) is 0 Å². The molecule has 0 fully saturated rings. The molecule has 2 rings (SSSR count). The van der Waals surface area contributed by atoms with E-state index < -0.39 is 18.0 Å². The molecule has 8 heteroatoms. The zero-order valence-electron chi connectivity index (χ0n) is 13.4. The maximum atomic E-state index is 12.6. The molecule has 0 bridgehead atoms.